The molecule has 0 heterocycles. The molecule has 0 saturated heterocycles. The van der Waals surface area contributed by atoms with E-state index in [0.717, 1.165) is 63.7 Å². The van der Waals surface area contributed by atoms with Gasteiger partial charge in [0.25, 0.3) is 0 Å². The molecule has 0 aromatic carbocycles. The second-order valence-electron chi connectivity index (χ2n) is 17.6. The van der Waals surface area contributed by atoms with Crippen LogP contribution in [-0.4, -0.2) is 37.2 Å². The van der Waals surface area contributed by atoms with Crippen molar-refractivity contribution >= 4 is 17.9 Å². The van der Waals surface area contributed by atoms with Crippen LogP contribution < -0.4 is 0 Å². The highest BCUT2D eigenvalue weighted by Crippen LogP contribution is 2.17. The molecular weight excluding hydrogens is 697 g/mol. The van der Waals surface area contributed by atoms with E-state index in [0.29, 0.717) is 19.3 Å². The number of ether oxygens (including phenoxy) is 3. The number of hydrogen-bond donors (Lipinski definition) is 0. The van der Waals surface area contributed by atoms with Crippen molar-refractivity contribution in [1.82, 2.24) is 0 Å². The summed E-state index contributed by atoms with van der Waals surface area (Å²) in [6.45, 7) is 9.00. The molecule has 0 N–H and O–H groups in total. The van der Waals surface area contributed by atoms with Gasteiger partial charge in [0.05, 0.1) is 0 Å². The van der Waals surface area contributed by atoms with E-state index in [1.807, 2.05) is 0 Å². The lowest BCUT2D eigenvalue weighted by Gasteiger charge is -2.18. The molecule has 0 amide bonds. The van der Waals surface area contributed by atoms with Gasteiger partial charge in [-0.1, -0.05) is 240 Å². The summed E-state index contributed by atoms with van der Waals surface area (Å²) in [6.07, 6.45) is 45.1. The fraction of sp³-hybridized carbons (Fsp3) is 0.940. The highest BCUT2D eigenvalue weighted by Gasteiger charge is 2.19. The Balaban J connectivity index is 4.25. The van der Waals surface area contributed by atoms with Crippen LogP contribution in [0.15, 0.2) is 0 Å². The topological polar surface area (TPSA) is 78.9 Å². The van der Waals surface area contributed by atoms with E-state index >= 15 is 0 Å². The zero-order valence-electron chi connectivity index (χ0n) is 38.1. The van der Waals surface area contributed by atoms with Crippen molar-refractivity contribution < 1.29 is 28.6 Å². The van der Waals surface area contributed by atoms with Gasteiger partial charge in [0.2, 0.25) is 0 Å². The first-order valence-corrected chi connectivity index (χ1v) is 24.9. The molecule has 0 rings (SSSR count). The van der Waals surface area contributed by atoms with Crippen LogP contribution in [-0.2, 0) is 28.6 Å². The van der Waals surface area contributed by atoms with Crippen molar-refractivity contribution in [2.75, 3.05) is 13.2 Å². The molecule has 0 radical (unpaired) electrons. The summed E-state index contributed by atoms with van der Waals surface area (Å²) in [5.41, 5.74) is 0. The first-order chi connectivity index (χ1) is 27.4. The Hall–Kier alpha value is -1.59. The van der Waals surface area contributed by atoms with Crippen LogP contribution in [0, 0.1) is 5.92 Å². The van der Waals surface area contributed by atoms with Crippen LogP contribution >= 0.6 is 0 Å². The highest BCUT2D eigenvalue weighted by molar-refractivity contribution is 5.71. The number of unbranched alkanes of at least 4 members (excludes halogenated alkanes) is 32. The predicted octanol–water partition coefficient (Wildman–Crippen LogP) is 15.9. The first-order valence-electron chi connectivity index (χ1n) is 24.9. The van der Waals surface area contributed by atoms with E-state index in [1.165, 1.54) is 173 Å². The van der Waals surface area contributed by atoms with Gasteiger partial charge in [0.1, 0.15) is 13.2 Å². The quantitative estimate of drug-likeness (QED) is 0.0347. The second-order valence-corrected chi connectivity index (χ2v) is 17.6. The Morgan fingerprint density at radius 3 is 0.875 bits per heavy atom. The van der Waals surface area contributed by atoms with Crippen LogP contribution in [0.2, 0.25) is 0 Å². The molecule has 0 aromatic rings. The van der Waals surface area contributed by atoms with Gasteiger partial charge >= 0.3 is 17.9 Å². The molecule has 6 nitrogen and oxygen atoms in total. The minimum absolute atomic E-state index is 0.0631. The van der Waals surface area contributed by atoms with Gasteiger partial charge in [-0.05, 0) is 25.2 Å². The lowest BCUT2D eigenvalue weighted by Crippen LogP contribution is -2.30. The Morgan fingerprint density at radius 2 is 0.589 bits per heavy atom. The fourth-order valence-electron chi connectivity index (χ4n) is 7.51. The maximum absolute atomic E-state index is 12.7. The number of carbonyl (C=O) groups is 3. The molecule has 332 valence electrons. The van der Waals surface area contributed by atoms with Gasteiger partial charge in [0, 0.05) is 19.3 Å². The summed E-state index contributed by atoms with van der Waals surface area (Å²) in [6, 6.07) is 0. The van der Waals surface area contributed by atoms with Crippen LogP contribution in [0.25, 0.3) is 0 Å². The van der Waals surface area contributed by atoms with Crippen molar-refractivity contribution in [2.24, 2.45) is 5.92 Å². The van der Waals surface area contributed by atoms with Crippen molar-refractivity contribution in [3.63, 3.8) is 0 Å². The van der Waals surface area contributed by atoms with Crippen LogP contribution in [0.5, 0.6) is 0 Å². The summed E-state index contributed by atoms with van der Waals surface area (Å²) in [7, 11) is 0. The molecule has 0 fully saturated rings. The average molecular weight is 793 g/mol. The van der Waals surface area contributed by atoms with Gasteiger partial charge in [0.15, 0.2) is 6.10 Å². The molecular formula is C50H96O6. The number of carbonyl (C=O) groups excluding carboxylic acids is 3. The van der Waals surface area contributed by atoms with Crippen LogP contribution in [0.1, 0.15) is 278 Å². The average Bonchev–Trinajstić information content (AvgIpc) is 3.18. The molecule has 0 bridgehead atoms. The molecule has 6 heteroatoms. The normalized spacial score (nSPS) is 11.9. The Labute approximate surface area is 348 Å². The van der Waals surface area contributed by atoms with Gasteiger partial charge < -0.3 is 14.2 Å². The smallest absolute Gasteiger partial charge is 0.306 e. The van der Waals surface area contributed by atoms with E-state index < -0.39 is 6.10 Å². The van der Waals surface area contributed by atoms with Gasteiger partial charge in [-0.15, -0.1) is 0 Å². The molecule has 0 aromatic heterocycles. The maximum atomic E-state index is 12.7. The molecule has 0 saturated carbocycles. The minimum Gasteiger partial charge on any atom is -0.462 e. The SMILES string of the molecule is CCCCCCCCCCCCCCCCC(=O)OC[C@@H](COC(=O)CCCCCCCCCCCCCCC(C)C)OC(=O)CCCCCCCCCCC. The highest BCUT2D eigenvalue weighted by atomic mass is 16.6. The molecule has 1 atom stereocenters. The summed E-state index contributed by atoms with van der Waals surface area (Å²) in [5.74, 6) is -0.0158. The summed E-state index contributed by atoms with van der Waals surface area (Å²) in [5, 5.41) is 0. The third-order valence-electron chi connectivity index (χ3n) is 11.3. The monoisotopic (exact) mass is 793 g/mol. The van der Waals surface area contributed by atoms with Gasteiger partial charge in [-0.25, -0.2) is 0 Å². The number of rotatable bonds is 45. The zero-order chi connectivity index (χ0) is 41.0. The lowest BCUT2D eigenvalue weighted by atomic mass is 10.0. The van der Waals surface area contributed by atoms with E-state index in [-0.39, 0.29) is 31.1 Å². The van der Waals surface area contributed by atoms with E-state index in [4.69, 9.17) is 14.2 Å². The van der Waals surface area contributed by atoms with Crippen molar-refractivity contribution in [3.8, 4) is 0 Å². The molecule has 0 aliphatic carbocycles. The Bertz CT molecular complexity index is 841. The van der Waals surface area contributed by atoms with Crippen LogP contribution in [0.3, 0.4) is 0 Å². The Morgan fingerprint density at radius 1 is 0.339 bits per heavy atom. The molecule has 0 spiro atoms. The zero-order valence-corrected chi connectivity index (χ0v) is 38.1. The summed E-state index contributed by atoms with van der Waals surface area (Å²) < 4.78 is 16.8. The maximum Gasteiger partial charge on any atom is 0.306 e. The Kier molecular flexibility index (Phi) is 43.2. The predicted molar refractivity (Wildman–Crippen MR) is 238 cm³/mol. The largest absolute Gasteiger partial charge is 0.462 e. The lowest BCUT2D eigenvalue weighted by molar-refractivity contribution is -0.167. The molecule has 0 aliphatic rings. The van der Waals surface area contributed by atoms with Crippen molar-refractivity contribution in [1.29, 1.82) is 0 Å². The fourth-order valence-corrected chi connectivity index (χ4v) is 7.51. The summed E-state index contributed by atoms with van der Waals surface area (Å²) >= 11 is 0. The summed E-state index contributed by atoms with van der Waals surface area (Å²) in [4.78, 5) is 37.8. The standard InChI is InChI=1S/C50H96O6/c1-5-7-9-11-13-15-16-17-18-22-26-29-33-37-41-48(51)54-44-47(56-50(53)43-39-35-31-24-14-12-10-8-6-2)45-55-49(52)42-38-34-30-27-23-20-19-21-25-28-32-36-40-46(3)4/h46-47H,5-45H2,1-4H3/t47-/m0/s1. The molecule has 56 heavy (non-hydrogen) atoms. The van der Waals surface area contributed by atoms with Gasteiger partial charge in [-0.3, -0.25) is 14.4 Å². The number of esters is 3. The third-order valence-corrected chi connectivity index (χ3v) is 11.3. The van der Waals surface area contributed by atoms with Crippen molar-refractivity contribution in [2.45, 2.75) is 284 Å². The third kappa shape index (κ3) is 43.5. The second kappa shape index (κ2) is 44.5. The molecule has 0 unspecified atom stereocenters. The van der Waals surface area contributed by atoms with Crippen LogP contribution in [0.4, 0.5) is 0 Å². The van der Waals surface area contributed by atoms with E-state index in [1.54, 1.807) is 0 Å². The van der Waals surface area contributed by atoms with E-state index in [9.17, 15) is 14.4 Å². The van der Waals surface area contributed by atoms with E-state index in [2.05, 4.69) is 27.7 Å². The van der Waals surface area contributed by atoms with Gasteiger partial charge in [-0.2, -0.15) is 0 Å². The molecule has 0 aliphatic heterocycles. The first kappa shape index (κ1) is 54.4. The van der Waals surface area contributed by atoms with Crippen molar-refractivity contribution in [3.05, 3.63) is 0 Å². The number of hydrogen-bond acceptors (Lipinski definition) is 6. The minimum atomic E-state index is -0.759.